The number of hydrogen-bond donors (Lipinski definition) is 1. The third kappa shape index (κ3) is 12.8. The largest absolute Gasteiger partial charge is 0.462 e. The first-order valence-corrected chi connectivity index (χ1v) is 8.50. The molecular weight excluding hydrogens is 278 g/mol. The Kier molecular flexibility index (Phi) is 13.4. The third-order valence-corrected chi connectivity index (χ3v) is 3.88. The van der Waals surface area contributed by atoms with E-state index in [9.17, 15) is 9.59 Å². The lowest BCUT2D eigenvalue weighted by Crippen LogP contribution is -2.48. The van der Waals surface area contributed by atoms with E-state index < -0.39 is 0 Å². The van der Waals surface area contributed by atoms with Gasteiger partial charge in [0.25, 0.3) is 6.47 Å². The first-order valence-electron chi connectivity index (χ1n) is 8.50. The summed E-state index contributed by atoms with van der Waals surface area (Å²) >= 11 is 0. The molecule has 0 aliphatic heterocycles. The minimum absolute atomic E-state index is 0.181. The molecule has 4 heteroatoms. The minimum Gasteiger partial charge on any atom is -0.462 e. The number of carbonyl (C=O) groups excluding carboxylic acids is 2. The van der Waals surface area contributed by atoms with Crippen LogP contribution in [-0.2, 0) is 14.3 Å². The van der Waals surface area contributed by atoms with E-state index in [0.29, 0.717) is 18.8 Å². The monoisotopic (exact) mass is 315 g/mol. The van der Waals surface area contributed by atoms with Gasteiger partial charge in [0.2, 0.25) is 0 Å². The van der Waals surface area contributed by atoms with Gasteiger partial charge in [-0.3, -0.25) is 4.79 Å². The molecule has 1 rings (SSSR count). The van der Waals surface area contributed by atoms with Crippen molar-refractivity contribution in [1.82, 2.24) is 0 Å². The van der Waals surface area contributed by atoms with Crippen LogP contribution in [0.5, 0.6) is 0 Å². The Balaban J connectivity index is 0. The molecule has 0 aromatic rings. The van der Waals surface area contributed by atoms with Crippen molar-refractivity contribution in [1.29, 1.82) is 0 Å². The highest BCUT2D eigenvalue weighted by molar-refractivity contribution is 5.52. The Hall–Kier alpha value is -0.900. The van der Waals surface area contributed by atoms with Gasteiger partial charge in [0.1, 0.15) is 11.9 Å². The van der Waals surface area contributed by atoms with Gasteiger partial charge in [0.15, 0.2) is 0 Å². The van der Waals surface area contributed by atoms with Gasteiger partial charge in [0, 0.05) is 12.0 Å². The van der Waals surface area contributed by atoms with Crippen molar-refractivity contribution >= 4 is 12.8 Å². The first kappa shape index (κ1) is 23.4. The lowest BCUT2D eigenvalue weighted by molar-refractivity contribution is -0.138. The number of carbonyl (C=O) groups is 2. The fourth-order valence-corrected chi connectivity index (χ4v) is 2.04. The average Bonchev–Trinajstić information content (AvgIpc) is 2.42. The molecule has 0 heterocycles. The Morgan fingerprint density at radius 3 is 2.00 bits per heavy atom. The molecule has 0 radical (unpaired) electrons. The van der Waals surface area contributed by atoms with Crippen LogP contribution in [0, 0.1) is 5.92 Å². The van der Waals surface area contributed by atoms with Gasteiger partial charge in [-0.1, -0.05) is 46.5 Å². The second-order valence-electron chi connectivity index (χ2n) is 7.08. The second-order valence-corrected chi connectivity index (χ2v) is 7.08. The molecule has 0 bridgehead atoms. The zero-order valence-corrected chi connectivity index (χ0v) is 15.5. The lowest BCUT2D eigenvalue weighted by Gasteiger charge is -2.38. The minimum atomic E-state index is -0.318. The van der Waals surface area contributed by atoms with Crippen LogP contribution in [-0.4, -0.2) is 23.9 Å². The predicted octanol–water partition coefficient (Wildman–Crippen LogP) is 4.25. The molecule has 4 nitrogen and oxygen atoms in total. The topological polar surface area (TPSA) is 69.4 Å². The summed E-state index contributed by atoms with van der Waals surface area (Å²) in [5, 5.41) is 0. The van der Waals surface area contributed by atoms with Crippen LogP contribution in [0.15, 0.2) is 0 Å². The summed E-state index contributed by atoms with van der Waals surface area (Å²) in [4.78, 5) is 19.9. The number of nitrogens with two attached hydrogens (primary N) is 1. The van der Waals surface area contributed by atoms with E-state index in [4.69, 9.17) is 5.73 Å². The predicted molar refractivity (Wildman–Crippen MR) is 92.7 cm³/mol. The summed E-state index contributed by atoms with van der Waals surface area (Å²) in [6.45, 7) is 12.4. The van der Waals surface area contributed by atoms with Crippen LogP contribution in [0.2, 0.25) is 0 Å². The van der Waals surface area contributed by atoms with Gasteiger partial charge in [0.05, 0.1) is 0 Å². The fourth-order valence-electron chi connectivity index (χ4n) is 2.04. The maximum absolute atomic E-state index is 10.3. The quantitative estimate of drug-likeness (QED) is 0.787. The van der Waals surface area contributed by atoms with E-state index >= 15 is 0 Å². The van der Waals surface area contributed by atoms with Gasteiger partial charge < -0.3 is 15.3 Å². The summed E-state index contributed by atoms with van der Waals surface area (Å²) in [6, 6.07) is 0. The summed E-state index contributed by atoms with van der Waals surface area (Å²) in [7, 11) is 0. The van der Waals surface area contributed by atoms with Crippen molar-refractivity contribution in [3.63, 3.8) is 0 Å². The SMILES string of the molecule is CC(C)(C)OC=O.CC1CCCCC1(N)CC=O.CCCC. The number of aldehydes is 1. The van der Waals surface area contributed by atoms with Crippen molar-refractivity contribution < 1.29 is 14.3 Å². The van der Waals surface area contributed by atoms with E-state index in [1.165, 1.54) is 32.1 Å². The molecule has 2 N–H and O–H groups in total. The van der Waals surface area contributed by atoms with E-state index in [0.717, 1.165) is 12.7 Å². The molecule has 22 heavy (non-hydrogen) atoms. The smallest absolute Gasteiger partial charge is 0.293 e. The molecular formula is C18H37NO3. The molecule has 2 unspecified atom stereocenters. The second kappa shape index (κ2) is 12.6. The normalized spacial score (nSPS) is 24.0. The molecule has 1 aliphatic carbocycles. The maximum Gasteiger partial charge on any atom is 0.293 e. The standard InChI is InChI=1S/C9H17NO.C5H10O2.C4H10/c1-8-4-2-3-5-9(8,10)6-7-11;1-5(2,3)7-4-6;1-3-4-2/h7-8H,2-6,10H2,1H3;4H,1-3H3;3-4H2,1-2H3. The number of hydrogen-bond acceptors (Lipinski definition) is 4. The van der Waals surface area contributed by atoms with E-state index in [-0.39, 0.29) is 11.1 Å². The van der Waals surface area contributed by atoms with Crippen molar-refractivity contribution in [2.24, 2.45) is 11.7 Å². The Morgan fingerprint density at radius 2 is 1.73 bits per heavy atom. The molecule has 0 aromatic heterocycles. The zero-order valence-electron chi connectivity index (χ0n) is 15.5. The summed E-state index contributed by atoms with van der Waals surface area (Å²) in [6.07, 6.45) is 8.81. The molecule has 0 saturated heterocycles. The summed E-state index contributed by atoms with van der Waals surface area (Å²) in [5.74, 6) is 0.515. The molecule has 0 aromatic carbocycles. The molecule has 1 aliphatic rings. The van der Waals surface area contributed by atoms with Crippen molar-refractivity contribution in [3.05, 3.63) is 0 Å². The highest BCUT2D eigenvalue weighted by Gasteiger charge is 2.33. The van der Waals surface area contributed by atoms with Crippen molar-refractivity contribution in [2.75, 3.05) is 0 Å². The van der Waals surface area contributed by atoms with Crippen LogP contribution in [0.4, 0.5) is 0 Å². The van der Waals surface area contributed by atoms with Gasteiger partial charge in [-0.2, -0.15) is 0 Å². The fraction of sp³-hybridized carbons (Fsp3) is 0.889. The van der Waals surface area contributed by atoms with Crippen molar-refractivity contribution in [2.45, 2.75) is 97.6 Å². The van der Waals surface area contributed by atoms with E-state index in [2.05, 4.69) is 25.5 Å². The van der Waals surface area contributed by atoms with Crippen LogP contribution in [0.3, 0.4) is 0 Å². The van der Waals surface area contributed by atoms with E-state index in [1.807, 2.05) is 20.8 Å². The van der Waals surface area contributed by atoms with Crippen molar-refractivity contribution in [3.8, 4) is 0 Å². The van der Waals surface area contributed by atoms with Crippen LogP contribution >= 0.6 is 0 Å². The zero-order chi connectivity index (χ0) is 17.6. The Bertz CT molecular complexity index is 285. The molecule has 2 atom stereocenters. The van der Waals surface area contributed by atoms with E-state index in [1.54, 1.807) is 0 Å². The highest BCUT2D eigenvalue weighted by Crippen LogP contribution is 2.33. The van der Waals surface area contributed by atoms with Gasteiger partial charge in [-0.15, -0.1) is 0 Å². The van der Waals surface area contributed by atoms with Gasteiger partial charge in [-0.25, -0.2) is 0 Å². The molecule has 0 amide bonds. The van der Waals surface area contributed by atoms with Crippen LogP contribution in [0.25, 0.3) is 0 Å². The summed E-state index contributed by atoms with van der Waals surface area (Å²) in [5.41, 5.74) is 5.58. The lowest BCUT2D eigenvalue weighted by atomic mass is 9.73. The highest BCUT2D eigenvalue weighted by atomic mass is 16.5. The molecule has 0 spiro atoms. The number of ether oxygens (including phenoxy) is 1. The van der Waals surface area contributed by atoms with Crippen LogP contribution < -0.4 is 5.73 Å². The number of unbranched alkanes of at least 4 members (excludes halogenated alkanes) is 1. The van der Waals surface area contributed by atoms with Gasteiger partial charge >= 0.3 is 0 Å². The molecule has 1 saturated carbocycles. The number of rotatable bonds is 4. The van der Waals surface area contributed by atoms with Gasteiger partial charge in [-0.05, 0) is 39.5 Å². The maximum atomic E-state index is 10.3. The average molecular weight is 315 g/mol. The Morgan fingerprint density at radius 1 is 1.18 bits per heavy atom. The first-order chi connectivity index (χ1) is 10.2. The molecule has 132 valence electrons. The molecule has 1 fully saturated rings. The summed E-state index contributed by atoms with van der Waals surface area (Å²) < 4.78 is 4.55. The Labute approximate surface area is 137 Å². The van der Waals surface area contributed by atoms with Crippen LogP contribution in [0.1, 0.15) is 86.5 Å². The third-order valence-electron chi connectivity index (χ3n) is 3.88.